The van der Waals surface area contributed by atoms with Gasteiger partial charge in [0, 0.05) is 33.2 Å². The number of aliphatic imine (C=N–C) groups is 1. The summed E-state index contributed by atoms with van der Waals surface area (Å²) in [6.07, 6.45) is 0. The van der Waals surface area contributed by atoms with Gasteiger partial charge in [-0.2, -0.15) is 0 Å². The van der Waals surface area contributed by atoms with Crippen LogP contribution in [0.5, 0.6) is 0 Å². The fourth-order valence-electron chi connectivity index (χ4n) is 3.31. The number of benzene rings is 1. The molecule has 1 fully saturated rings. The molecule has 1 N–H and O–H groups in total. The number of esters is 1. The lowest BCUT2D eigenvalue weighted by Gasteiger charge is -2.37. The predicted molar refractivity (Wildman–Crippen MR) is 105 cm³/mol. The lowest BCUT2D eigenvalue weighted by Crippen LogP contribution is -2.52. The first-order valence-electron chi connectivity index (χ1n) is 9.16. The molecule has 0 saturated carbocycles. The van der Waals surface area contributed by atoms with Crippen molar-refractivity contribution in [3.05, 3.63) is 53.2 Å². The minimum absolute atomic E-state index is 0.201. The molecule has 0 radical (unpaired) electrons. The number of furan rings is 1. The standard InChI is InChI=1S/C20H25FN4O3/c1-14-16(19(26)27-3)12-15(28-14)13-23-20(22-2)25-10-8-24(9-11-25)18-7-5-4-6-17(18)21/h4-7,12H,8-11,13H2,1-3H3,(H,22,23). The Morgan fingerprint density at radius 3 is 2.64 bits per heavy atom. The minimum atomic E-state index is -0.416. The summed E-state index contributed by atoms with van der Waals surface area (Å²) in [7, 11) is 3.06. The number of carbonyl (C=O) groups is 1. The molecular weight excluding hydrogens is 363 g/mol. The third kappa shape index (κ3) is 4.27. The van der Waals surface area contributed by atoms with Crippen molar-refractivity contribution < 1.29 is 18.3 Å². The lowest BCUT2D eigenvalue weighted by molar-refractivity contribution is 0.0599. The molecule has 0 unspecified atom stereocenters. The van der Waals surface area contributed by atoms with Gasteiger partial charge in [0.25, 0.3) is 0 Å². The van der Waals surface area contributed by atoms with Crippen LogP contribution in [-0.2, 0) is 11.3 Å². The van der Waals surface area contributed by atoms with Gasteiger partial charge in [0.05, 0.1) is 19.3 Å². The Labute approximate surface area is 163 Å². The lowest BCUT2D eigenvalue weighted by atomic mass is 10.2. The van der Waals surface area contributed by atoms with Crippen LogP contribution in [0.1, 0.15) is 21.9 Å². The summed E-state index contributed by atoms with van der Waals surface area (Å²) >= 11 is 0. The Morgan fingerprint density at radius 1 is 1.29 bits per heavy atom. The molecule has 0 atom stereocenters. The van der Waals surface area contributed by atoms with E-state index in [9.17, 15) is 9.18 Å². The number of para-hydroxylation sites is 1. The number of anilines is 1. The second kappa shape index (κ2) is 8.77. The molecule has 3 rings (SSSR count). The second-order valence-corrected chi connectivity index (χ2v) is 6.50. The fourth-order valence-corrected chi connectivity index (χ4v) is 3.31. The van der Waals surface area contributed by atoms with E-state index in [0.29, 0.717) is 42.4 Å². The maximum Gasteiger partial charge on any atom is 0.341 e. The summed E-state index contributed by atoms with van der Waals surface area (Å²) < 4.78 is 24.4. The van der Waals surface area contributed by atoms with Crippen molar-refractivity contribution in [2.24, 2.45) is 4.99 Å². The Bertz CT molecular complexity index is 857. The molecule has 1 aromatic carbocycles. The zero-order chi connectivity index (χ0) is 20.1. The first kappa shape index (κ1) is 19.7. The number of hydrogen-bond acceptors (Lipinski definition) is 5. The number of nitrogens with zero attached hydrogens (tertiary/aromatic N) is 3. The number of ether oxygens (including phenoxy) is 1. The Kier molecular flexibility index (Phi) is 6.18. The van der Waals surface area contributed by atoms with Gasteiger partial charge in [0.2, 0.25) is 0 Å². The van der Waals surface area contributed by atoms with E-state index in [2.05, 4.69) is 15.2 Å². The van der Waals surface area contributed by atoms with Crippen molar-refractivity contribution in [1.29, 1.82) is 0 Å². The first-order valence-corrected chi connectivity index (χ1v) is 9.16. The van der Waals surface area contributed by atoms with Gasteiger partial charge in [0.1, 0.15) is 22.9 Å². The van der Waals surface area contributed by atoms with E-state index >= 15 is 0 Å². The Hall–Kier alpha value is -3.03. The van der Waals surface area contributed by atoms with Crippen LogP contribution in [0.4, 0.5) is 10.1 Å². The molecule has 0 aliphatic carbocycles. The molecule has 1 aromatic heterocycles. The highest BCUT2D eigenvalue weighted by Crippen LogP contribution is 2.20. The van der Waals surface area contributed by atoms with Crippen LogP contribution < -0.4 is 10.2 Å². The quantitative estimate of drug-likeness (QED) is 0.493. The highest BCUT2D eigenvalue weighted by molar-refractivity contribution is 5.90. The van der Waals surface area contributed by atoms with Crippen LogP contribution >= 0.6 is 0 Å². The summed E-state index contributed by atoms with van der Waals surface area (Å²) in [6, 6.07) is 8.51. The number of nitrogens with one attached hydrogen (secondary N) is 1. The molecule has 7 nitrogen and oxygen atoms in total. The number of halogens is 1. The smallest absolute Gasteiger partial charge is 0.341 e. The second-order valence-electron chi connectivity index (χ2n) is 6.50. The summed E-state index contributed by atoms with van der Waals surface area (Å²) in [6.45, 7) is 4.98. The number of piperazine rings is 1. The van der Waals surface area contributed by atoms with Gasteiger partial charge in [0.15, 0.2) is 5.96 Å². The molecule has 0 amide bonds. The molecule has 0 spiro atoms. The molecule has 2 aromatic rings. The van der Waals surface area contributed by atoms with E-state index < -0.39 is 5.97 Å². The van der Waals surface area contributed by atoms with Crippen molar-refractivity contribution in [2.45, 2.75) is 13.5 Å². The normalized spacial score (nSPS) is 14.9. The summed E-state index contributed by atoms with van der Waals surface area (Å²) in [5.74, 6) is 1.28. The highest BCUT2D eigenvalue weighted by Gasteiger charge is 2.22. The highest BCUT2D eigenvalue weighted by atomic mass is 19.1. The van der Waals surface area contributed by atoms with Crippen LogP contribution in [0.25, 0.3) is 0 Å². The van der Waals surface area contributed by atoms with Gasteiger partial charge >= 0.3 is 5.97 Å². The molecule has 8 heteroatoms. The number of guanidine groups is 1. The van der Waals surface area contributed by atoms with Gasteiger partial charge in [-0.3, -0.25) is 4.99 Å². The van der Waals surface area contributed by atoms with Crippen LogP contribution in [0.15, 0.2) is 39.7 Å². The van der Waals surface area contributed by atoms with E-state index in [1.807, 2.05) is 11.0 Å². The van der Waals surface area contributed by atoms with Crippen molar-refractivity contribution >= 4 is 17.6 Å². The van der Waals surface area contributed by atoms with E-state index in [1.165, 1.54) is 13.2 Å². The number of aryl methyl sites for hydroxylation is 1. The van der Waals surface area contributed by atoms with Crippen LogP contribution in [0.3, 0.4) is 0 Å². The van der Waals surface area contributed by atoms with Gasteiger partial charge in [-0.15, -0.1) is 0 Å². The van der Waals surface area contributed by atoms with Gasteiger partial charge in [-0.25, -0.2) is 9.18 Å². The van der Waals surface area contributed by atoms with Crippen molar-refractivity contribution in [1.82, 2.24) is 10.2 Å². The third-order valence-corrected chi connectivity index (χ3v) is 4.78. The van der Waals surface area contributed by atoms with Gasteiger partial charge in [-0.1, -0.05) is 12.1 Å². The van der Waals surface area contributed by atoms with Crippen LogP contribution in [0.2, 0.25) is 0 Å². The SMILES string of the molecule is CN=C(NCc1cc(C(=O)OC)c(C)o1)N1CCN(c2ccccc2F)CC1. The maximum atomic E-state index is 14.0. The van der Waals surface area contributed by atoms with E-state index in [0.717, 1.165) is 19.0 Å². The van der Waals surface area contributed by atoms with Gasteiger partial charge < -0.3 is 24.3 Å². The molecule has 1 saturated heterocycles. The molecule has 0 bridgehead atoms. The minimum Gasteiger partial charge on any atom is -0.465 e. The number of rotatable bonds is 4. The van der Waals surface area contributed by atoms with Crippen molar-refractivity contribution in [3.63, 3.8) is 0 Å². The van der Waals surface area contributed by atoms with Crippen LogP contribution in [-0.4, -0.2) is 57.2 Å². The number of methoxy groups -OCH3 is 1. The predicted octanol–water partition coefficient (Wildman–Crippen LogP) is 2.41. The van der Waals surface area contributed by atoms with E-state index in [1.54, 1.807) is 32.2 Å². The molecule has 150 valence electrons. The Morgan fingerprint density at radius 2 is 2.00 bits per heavy atom. The van der Waals surface area contributed by atoms with E-state index in [-0.39, 0.29) is 5.82 Å². The zero-order valence-electron chi connectivity index (χ0n) is 16.4. The average molecular weight is 388 g/mol. The summed E-state index contributed by atoms with van der Waals surface area (Å²) in [5, 5.41) is 3.26. The third-order valence-electron chi connectivity index (χ3n) is 4.78. The number of hydrogen-bond donors (Lipinski definition) is 1. The molecule has 1 aliphatic heterocycles. The van der Waals surface area contributed by atoms with Crippen LogP contribution in [0, 0.1) is 12.7 Å². The number of carbonyl (C=O) groups excluding carboxylic acids is 1. The summed E-state index contributed by atoms with van der Waals surface area (Å²) in [4.78, 5) is 20.2. The maximum absolute atomic E-state index is 14.0. The monoisotopic (exact) mass is 388 g/mol. The molecule has 1 aliphatic rings. The van der Waals surface area contributed by atoms with E-state index in [4.69, 9.17) is 9.15 Å². The average Bonchev–Trinajstić information content (AvgIpc) is 3.09. The Balaban J connectivity index is 1.57. The summed E-state index contributed by atoms with van der Waals surface area (Å²) in [5.41, 5.74) is 1.05. The van der Waals surface area contributed by atoms with Crippen molar-refractivity contribution in [2.75, 3.05) is 45.2 Å². The fraction of sp³-hybridized carbons (Fsp3) is 0.400. The topological polar surface area (TPSA) is 70.3 Å². The van der Waals surface area contributed by atoms with Gasteiger partial charge in [-0.05, 0) is 25.1 Å². The molecule has 2 heterocycles. The first-order chi connectivity index (χ1) is 13.5. The molecular formula is C20H25FN4O3. The van der Waals surface area contributed by atoms with Crippen molar-refractivity contribution in [3.8, 4) is 0 Å². The zero-order valence-corrected chi connectivity index (χ0v) is 16.4. The molecule has 28 heavy (non-hydrogen) atoms. The largest absolute Gasteiger partial charge is 0.465 e.